The molecule has 0 radical (unpaired) electrons. The minimum absolute atomic E-state index is 0.453. The van der Waals surface area contributed by atoms with E-state index in [0.29, 0.717) is 5.96 Å². The van der Waals surface area contributed by atoms with E-state index in [1.165, 1.54) is 11.3 Å². The average Bonchev–Trinajstić information content (AvgIpc) is 2.72. The van der Waals surface area contributed by atoms with Crippen LogP contribution in [0.25, 0.3) is 0 Å². The Labute approximate surface area is 168 Å². The topological polar surface area (TPSA) is 66.1 Å². The second kappa shape index (κ2) is 9.99. The lowest BCUT2D eigenvalue weighted by Gasteiger charge is -2.36. The molecule has 150 valence electrons. The van der Waals surface area contributed by atoms with Gasteiger partial charge in [0.25, 0.3) is 0 Å². The molecule has 2 aromatic rings. The number of nitrogens with zero attached hydrogens (tertiary/aromatic N) is 3. The Morgan fingerprint density at radius 2 is 1.86 bits per heavy atom. The zero-order valence-electron chi connectivity index (χ0n) is 16.9. The van der Waals surface area contributed by atoms with E-state index >= 15 is 0 Å². The lowest BCUT2D eigenvalue weighted by atomic mass is 10.2. The van der Waals surface area contributed by atoms with Crippen molar-refractivity contribution in [3.8, 4) is 5.75 Å². The van der Waals surface area contributed by atoms with Crippen molar-refractivity contribution in [3.63, 3.8) is 0 Å². The Kier molecular flexibility index (Phi) is 7.14. The third-order valence-corrected chi connectivity index (χ3v) is 5.02. The number of nitrogens with one attached hydrogen (secondary N) is 1. The number of anilines is 2. The van der Waals surface area contributed by atoms with Gasteiger partial charge in [0.2, 0.25) is 0 Å². The fraction of sp³-hybridized carbons (Fsp3) is 0.409. The maximum Gasteiger partial charge on any atom is 0.193 e. The average molecular weight is 382 g/mol. The number of guanidine groups is 1. The molecule has 0 aromatic heterocycles. The molecule has 0 aliphatic carbocycles. The number of aliphatic imine (C=N–C) groups is 1. The van der Waals surface area contributed by atoms with E-state index in [9.17, 15) is 0 Å². The third-order valence-electron chi connectivity index (χ3n) is 5.02. The molecule has 1 fully saturated rings. The number of hydrogen-bond donors (Lipinski definition) is 2. The first-order valence-electron chi connectivity index (χ1n) is 9.89. The first kappa shape index (κ1) is 20.0. The Morgan fingerprint density at radius 1 is 1.11 bits per heavy atom. The summed E-state index contributed by atoms with van der Waals surface area (Å²) < 4.78 is 5.15. The van der Waals surface area contributed by atoms with Crippen LogP contribution < -0.4 is 20.7 Å². The summed E-state index contributed by atoms with van der Waals surface area (Å²) in [5.41, 5.74) is 9.54. The first-order valence-corrected chi connectivity index (χ1v) is 9.89. The predicted molar refractivity (Wildman–Crippen MR) is 118 cm³/mol. The molecule has 0 saturated carbocycles. The molecule has 1 aliphatic heterocycles. The fourth-order valence-electron chi connectivity index (χ4n) is 3.41. The number of benzene rings is 2. The van der Waals surface area contributed by atoms with Gasteiger partial charge in [0.05, 0.1) is 7.11 Å². The maximum absolute atomic E-state index is 5.98. The van der Waals surface area contributed by atoms with Gasteiger partial charge in [-0.2, -0.15) is 0 Å². The van der Waals surface area contributed by atoms with E-state index < -0.39 is 0 Å². The van der Waals surface area contributed by atoms with E-state index in [-0.39, 0.29) is 0 Å². The minimum Gasteiger partial charge on any atom is -0.497 e. The van der Waals surface area contributed by atoms with E-state index in [1.54, 1.807) is 7.11 Å². The van der Waals surface area contributed by atoms with Crippen LogP contribution in [0.3, 0.4) is 0 Å². The molecule has 1 saturated heterocycles. The summed E-state index contributed by atoms with van der Waals surface area (Å²) in [6, 6.07) is 16.4. The van der Waals surface area contributed by atoms with Crippen molar-refractivity contribution in [1.82, 2.24) is 4.90 Å². The second-order valence-corrected chi connectivity index (χ2v) is 7.14. The van der Waals surface area contributed by atoms with E-state index in [4.69, 9.17) is 10.5 Å². The molecular weight excluding hydrogens is 350 g/mol. The zero-order chi connectivity index (χ0) is 19.8. The summed E-state index contributed by atoms with van der Waals surface area (Å²) in [6.07, 6.45) is 1.01. The van der Waals surface area contributed by atoms with Crippen molar-refractivity contribution < 1.29 is 4.74 Å². The molecule has 0 unspecified atom stereocenters. The van der Waals surface area contributed by atoms with Crippen LogP contribution in [0.2, 0.25) is 0 Å². The molecule has 3 N–H and O–H groups in total. The molecule has 2 aromatic carbocycles. The standard InChI is InChI=1S/C22H31N5O/c1-18-5-3-6-20(17-18)27-15-13-26(14-16-27)12-4-11-24-22(23)25-19-7-9-21(28-2)10-8-19/h3,5-10,17H,4,11-16H2,1-2H3,(H3,23,24,25). The minimum atomic E-state index is 0.453. The molecule has 6 heteroatoms. The van der Waals surface area contributed by atoms with Crippen molar-refractivity contribution in [2.75, 3.05) is 56.6 Å². The Bertz CT molecular complexity index is 767. The number of methoxy groups -OCH3 is 1. The number of aryl methyl sites for hydroxylation is 1. The van der Waals surface area contributed by atoms with Crippen LogP contribution >= 0.6 is 0 Å². The zero-order valence-corrected chi connectivity index (χ0v) is 16.9. The summed E-state index contributed by atoms with van der Waals surface area (Å²) >= 11 is 0. The number of rotatable bonds is 7. The highest BCUT2D eigenvalue weighted by Gasteiger charge is 2.16. The van der Waals surface area contributed by atoms with Crippen LogP contribution in [0, 0.1) is 6.92 Å². The van der Waals surface area contributed by atoms with Crippen LogP contribution in [0.15, 0.2) is 53.5 Å². The Morgan fingerprint density at radius 3 is 2.54 bits per heavy atom. The first-order chi connectivity index (χ1) is 13.6. The maximum atomic E-state index is 5.98. The smallest absolute Gasteiger partial charge is 0.193 e. The normalized spacial score (nSPS) is 15.5. The van der Waals surface area contributed by atoms with Gasteiger partial charge >= 0.3 is 0 Å². The van der Waals surface area contributed by atoms with Crippen LogP contribution in [0.4, 0.5) is 11.4 Å². The Balaban J connectivity index is 1.35. The van der Waals surface area contributed by atoms with Gasteiger partial charge in [-0.1, -0.05) is 12.1 Å². The summed E-state index contributed by atoms with van der Waals surface area (Å²) in [4.78, 5) is 9.41. The second-order valence-electron chi connectivity index (χ2n) is 7.14. The highest BCUT2D eigenvalue weighted by Crippen LogP contribution is 2.18. The van der Waals surface area contributed by atoms with Gasteiger partial charge in [-0.05, 0) is 55.3 Å². The van der Waals surface area contributed by atoms with Crippen molar-refractivity contribution in [2.24, 2.45) is 10.7 Å². The number of nitrogens with two attached hydrogens (primary N) is 1. The Hall–Kier alpha value is -2.73. The van der Waals surface area contributed by atoms with E-state index in [1.807, 2.05) is 24.3 Å². The van der Waals surface area contributed by atoms with Gasteiger partial charge in [0.15, 0.2) is 5.96 Å². The van der Waals surface area contributed by atoms with Gasteiger partial charge in [-0.3, -0.25) is 9.89 Å². The summed E-state index contributed by atoms with van der Waals surface area (Å²) in [6.45, 7) is 8.28. The molecule has 0 amide bonds. The molecule has 0 atom stereocenters. The molecule has 28 heavy (non-hydrogen) atoms. The summed E-state index contributed by atoms with van der Waals surface area (Å²) in [5, 5.41) is 3.11. The van der Waals surface area contributed by atoms with Crippen LogP contribution in [0.1, 0.15) is 12.0 Å². The van der Waals surface area contributed by atoms with Crippen LogP contribution in [-0.2, 0) is 0 Å². The molecule has 0 spiro atoms. The van der Waals surface area contributed by atoms with Gasteiger partial charge < -0.3 is 20.7 Å². The SMILES string of the molecule is COc1ccc(NC(N)=NCCCN2CCN(c3cccc(C)c3)CC2)cc1. The monoisotopic (exact) mass is 381 g/mol. The lowest BCUT2D eigenvalue weighted by molar-refractivity contribution is 0.256. The van der Waals surface area contributed by atoms with Crippen LogP contribution in [0.5, 0.6) is 5.75 Å². The summed E-state index contributed by atoms with van der Waals surface area (Å²) in [5.74, 6) is 1.28. The van der Waals surface area contributed by atoms with Crippen molar-refractivity contribution in [2.45, 2.75) is 13.3 Å². The molecule has 1 aliphatic rings. The van der Waals surface area contributed by atoms with Crippen LogP contribution in [-0.4, -0.2) is 57.2 Å². The van der Waals surface area contributed by atoms with Crippen molar-refractivity contribution in [3.05, 3.63) is 54.1 Å². The van der Waals surface area contributed by atoms with E-state index in [0.717, 1.165) is 57.1 Å². The largest absolute Gasteiger partial charge is 0.497 e. The molecule has 6 nitrogen and oxygen atoms in total. The predicted octanol–water partition coefficient (Wildman–Crippen LogP) is 2.94. The highest BCUT2D eigenvalue weighted by atomic mass is 16.5. The van der Waals surface area contributed by atoms with Gasteiger partial charge in [-0.15, -0.1) is 0 Å². The van der Waals surface area contributed by atoms with E-state index in [2.05, 4.69) is 51.3 Å². The fourth-order valence-corrected chi connectivity index (χ4v) is 3.41. The quantitative estimate of drug-likeness (QED) is 0.439. The molecule has 3 rings (SSSR count). The summed E-state index contributed by atoms with van der Waals surface area (Å²) in [7, 11) is 1.65. The number of hydrogen-bond acceptors (Lipinski definition) is 4. The van der Waals surface area contributed by atoms with Crippen molar-refractivity contribution >= 4 is 17.3 Å². The highest BCUT2D eigenvalue weighted by molar-refractivity contribution is 5.92. The van der Waals surface area contributed by atoms with Gasteiger partial charge in [0, 0.05) is 50.6 Å². The van der Waals surface area contributed by atoms with Gasteiger partial charge in [0.1, 0.15) is 5.75 Å². The molecular formula is C22H31N5O. The van der Waals surface area contributed by atoms with Crippen molar-refractivity contribution in [1.29, 1.82) is 0 Å². The third kappa shape index (κ3) is 5.89. The molecule has 0 bridgehead atoms. The lowest BCUT2D eigenvalue weighted by Crippen LogP contribution is -2.46. The number of ether oxygens (including phenoxy) is 1. The van der Waals surface area contributed by atoms with Gasteiger partial charge in [-0.25, -0.2) is 0 Å². The number of piperazine rings is 1. The molecule has 1 heterocycles.